The smallest absolute Gasteiger partial charge is 0.274 e. The maximum absolute atomic E-state index is 12.6. The molecule has 2 rings (SSSR count). The molecule has 0 aliphatic carbocycles. The van der Waals surface area contributed by atoms with Crippen molar-refractivity contribution in [2.45, 2.75) is 26.2 Å². The third kappa shape index (κ3) is 3.23. The summed E-state index contributed by atoms with van der Waals surface area (Å²) in [4.78, 5) is 22.9. The molecule has 7 heteroatoms. The average Bonchev–Trinajstić information content (AvgIpc) is 2.74. The Hall–Kier alpha value is -1.73. The van der Waals surface area contributed by atoms with Crippen LogP contribution in [0.25, 0.3) is 0 Å². The first-order chi connectivity index (χ1) is 9.63. The number of aromatic nitrogens is 2. The third-order valence-electron chi connectivity index (χ3n) is 3.19. The Morgan fingerprint density at radius 3 is 2.95 bits per heavy atom. The van der Waals surface area contributed by atoms with Crippen molar-refractivity contribution in [1.29, 1.82) is 0 Å². The Balaban J connectivity index is 2.28. The van der Waals surface area contributed by atoms with E-state index >= 15 is 0 Å². The van der Waals surface area contributed by atoms with Gasteiger partial charge in [0.2, 0.25) is 0 Å². The van der Waals surface area contributed by atoms with Gasteiger partial charge in [-0.3, -0.25) is 10.6 Å². The Bertz CT molecular complexity index is 470. The lowest BCUT2D eigenvalue weighted by Gasteiger charge is -2.20. The van der Waals surface area contributed by atoms with Crippen LogP contribution in [0.3, 0.4) is 0 Å². The van der Waals surface area contributed by atoms with Crippen LogP contribution in [-0.4, -0.2) is 47.1 Å². The molecule has 1 aromatic heterocycles. The van der Waals surface area contributed by atoms with Gasteiger partial charge in [0.1, 0.15) is 5.82 Å². The van der Waals surface area contributed by atoms with Crippen molar-refractivity contribution in [3.05, 3.63) is 17.7 Å². The molecule has 20 heavy (non-hydrogen) atoms. The fraction of sp³-hybridized carbons (Fsp3) is 0.615. The number of rotatable bonds is 3. The molecule has 1 aromatic rings. The molecule has 0 spiro atoms. The minimum absolute atomic E-state index is 0.132. The lowest BCUT2D eigenvalue weighted by Crippen LogP contribution is -2.35. The maximum Gasteiger partial charge on any atom is 0.274 e. The maximum atomic E-state index is 12.6. The summed E-state index contributed by atoms with van der Waals surface area (Å²) in [5.41, 5.74) is 3.27. The van der Waals surface area contributed by atoms with E-state index in [1.807, 2.05) is 13.8 Å². The van der Waals surface area contributed by atoms with Gasteiger partial charge in [-0.2, -0.15) is 0 Å². The number of carbonyl (C=O) groups is 1. The molecule has 0 saturated carbocycles. The van der Waals surface area contributed by atoms with Crippen molar-refractivity contribution in [1.82, 2.24) is 14.9 Å². The number of amides is 1. The molecule has 1 saturated heterocycles. The van der Waals surface area contributed by atoms with E-state index in [1.54, 1.807) is 11.1 Å². The highest BCUT2D eigenvalue weighted by Gasteiger charge is 2.22. The first-order valence-corrected chi connectivity index (χ1v) is 6.84. The predicted molar refractivity (Wildman–Crippen MR) is 75.3 cm³/mol. The van der Waals surface area contributed by atoms with Gasteiger partial charge in [0.05, 0.1) is 18.5 Å². The predicted octanol–water partition coefficient (Wildman–Crippen LogP) is 0.748. The molecule has 1 aliphatic rings. The molecule has 1 aliphatic heterocycles. The van der Waals surface area contributed by atoms with E-state index in [-0.39, 0.29) is 11.8 Å². The van der Waals surface area contributed by atoms with Gasteiger partial charge in [-0.1, -0.05) is 13.8 Å². The van der Waals surface area contributed by atoms with Crippen LogP contribution in [0.2, 0.25) is 0 Å². The van der Waals surface area contributed by atoms with E-state index in [2.05, 4.69) is 15.4 Å². The minimum atomic E-state index is -0.132. The molecule has 110 valence electrons. The first kappa shape index (κ1) is 14.7. The highest BCUT2D eigenvalue weighted by Crippen LogP contribution is 2.17. The number of hydrazine groups is 1. The van der Waals surface area contributed by atoms with E-state index in [1.165, 1.54) is 0 Å². The lowest BCUT2D eigenvalue weighted by molar-refractivity contribution is 0.0736. The van der Waals surface area contributed by atoms with Gasteiger partial charge in [0.15, 0.2) is 5.69 Å². The molecule has 1 amide bonds. The Morgan fingerprint density at radius 2 is 2.25 bits per heavy atom. The van der Waals surface area contributed by atoms with Crippen molar-refractivity contribution in [3.8, 4) is 0 Å². The monoisotopic (exact) mass is 279 g/mol. The summed E-state index contributed by atoms with van der Waals surface area (Å²) < 4.78 is 5.36. The molecule has 0 atom stereocenters. The summed E-state index contributed by atoms with van der Waals surface area (Å²) in [6, 6.07) is 0. The molecule has 7 nitrogen and oxygen atoms in total. The molecule has 2 heterocycles. The molecule has 0 aromatic carbocycles. The second kappa shape index (κ2) is 6.62. The molecule has 0 bridgehead atoms. The van der Waals surface area contributed by atoms with Gasteiger partial charge in [-0.15, -0.1) is 0 Å². The summed E-state index contributed by atoms with van der Waals surface area (Å²) in [6.07, 6.45) is 2.39. The number of hydrogen-bond donors (Lipinski definition) is 2. The highest BCUT2D eigenvalue weighted by atomic mass is 16.5. The number of nitrogens with two attached hydrogens (primary N) is 1. The highest BCUT2D eigenvalue weighted by molar-refractivity contribution is 5.97. The van der Waals surface area contributed by atoms with Crippen molar-refractivity contribution < 1.29 is 9.53 Å². The molecule has 0 radical (unpaired) electrons. The summed E-state index contributed by atoms with van der Waals surface area (Å²) >= 11 is 0. The normalized spacial score (nSPS) is 16.1. The molecular weight excluding hydrogens is 258 g/mol. The van der Waals surface area contributed by atoms with E-state index in [9.17, 15) is 4.79 Å². The number of nitrogens with one attached hydrogen (secondary N) is 1. The van der Waals surface area contributed by atoms with E-state index in [4.69, 9.17) is 10.6 Å². The minimum Gasteiger partial charge on any atom is -0.380 e. The van der Waals surface area contributed by atoms with Crippen molar-refractivity contribution in [2.24, 2.45) is 5.84 Å². The van der Waals surface area contributed by atoms with Gasteiger partial charge in [-0.05, 0) is 6.42 Å². The first-order valence-electron chi connectivity index (χ1n) is 6.84. The van der Waals surface area contributed by atoms with Crippen LogP contribution in [0.5, 0.6) is 0 Å². The van der Waals surface area contributed by atoms with E-state index in [0.29, 0.717) is 43.5 Å². The number of anilines is 1. The van der Waals surface area contributed by atoms with Crippen LogP contribution in [0, 0.1) is 0 Å². The average molecular weight is 279 g/mol. The number of carbonyl (C=O) groups excluding carboxylic acids is 1. The summed E-state index contributed by atoms with van der Waals surface area (Å²) in [6.45, 7) is 6.46. The van der Waals surface area contributed by atoms with Crippen LogP contribution in [0.4, 0.5) is 5.69 Å². The quantitative estimate of drug-likeness (QED) is 0.626. The fourth-order valence-corrected chi connectivity index (χ4v) is 2.04. The zero-order chi connectivity index (χ0) is 14.5. The van der Waals surface area contributed by atoms with Gasteiger partial charge < -0.3 is 15.1 Å². The Morgan fingerprint density at radius 1 is 1.45 bits per heavy atom. The van der Waals surface area contributed by atoms with E-state index in [0.717, 1.165) is 6.42 Å². The van der Waals surface area contributed by atoms with Crippen LogP contribution >= 0.6 is 0 Å². The number of nitrogen functional groups attached to an aromatic ring is 1. The van der Waals surface area contributed by atoms with Crippen LogP contribution < -0.4 is 11.3 Å². The van der Waals surface area contributed by atoms with Gasteiger partial charge in [-0.25, -0.2) is 9.97 Å². The van der Waals surface area contributed by atoms with Crippen molar-refractivity contribution in [2.75, 3.05) is 31.7 Å². The summed E-state index contributed by atoms with van der Waals surface area (Å²) in [5, 5.41) is 0. The lowest BCUT2D eigenvalue weighted by atomic mass is 10.2. The summed E-state index contributed by atoms with van der Waals surface area (Å²) in [7, 11) is 0. The second-order valence-corrected chi connectivity index (χ2v) is 5.05. The van der Waals surface area contributed by atoms with Crippen LogP contribution in [0.1, 0.15) is 42.5 Å². The topological polar surface area (TPSA) is 93.4 Å². The standard InChI is InChI=1S/C13H21N5O2/c1-9(2)12-15-8-10(17-14)11(16-12)13(19)18-4-3-6-20-7-5-18/h8-9,17H,3-7,14H2,1-2H3. The Labute approximate surface area is 118 Å². The SMILES string of the molecule is CC(C)c1ncc(NN)c(C(=O)N2CCCOCC2)n1. The third-order valence-corrected chi connectivity index (χ3v) is 3.19. The zero-order valence-corrected chi connectivity index (χ0v) is 11.9. The largest absolute Gasteiger partial charge is 0.380 e. The van der Waals surface area contributed by atoms with Crippen LogP contribution in [-0.2, 0) is 4.74 Å². The van der Waals surface area contributed by atoms with Gasteiger partial charge in [0, 0.05) is 25.6 Å². The fourth-order valence-electron chi connectivity index (χ4n) is 2.04. The molecular formula is C13H21N5O2. The van der Waals surface area contributed by atoms with Crippen molar-refractivity contribution in [3.63, 3.8) is 0 Å². The van der Waals surface area contributed by atoms with E-state index < -0.39 is 0 Å². The zero-order valence-electron chi connectivity index (χ0n) is 11.9. The second-order valence-electron chi connectivity index (χ2n) is 5.05. The van der Waals surface area contributed by atoms with Gasteiger partial charge >= 0.3 is 0 Å². The number of ether oxygens (including phenoxy) is 1. The van der Waals surface area contributed by atoms with Crippen molar-refractivity contribution >= 4 is 11.6 Å². The van der Waals surface area contributed by atoms with Crippen LogP contribution in [0.15, 0.2) is 6.20 Å². The van der Waals surface area contributed by atoms with Gasteiger partial charge in [0.25, 0.3) is 5.91 Å². The number of hydrogen-bond acceptors (Lipinski definition) is 6. The Kier molecular flexibility index (Phi) is 4.86. The molecule has 1 fully saturated rings. The number of nitrogens with zero attached hydrogens (tertiary/aromatic N) is 3. The summed E-state index contributed by atoms with van der Waals surface area (Å²) in [5.74, 6) is 6.11. The molecule has 0 unspecified atom stereocenters. The molecule has 3 N–H and O–H groups in total.